The van der Waals surface area contributed by atoms with Crippen molar-refractivity contribution in [2.75, 3.05) is 12.0 Å². The smallest absolute Gasteiger partial charge is 0.230 e. The monoisotopic (exact) mass is 320 g/mol. The Balaban J connectivity index is 2.66. The highest BCUT2D eigenvalue weighted by molar-refractivity contribution is 7.89. The first-order chi connectivity index (χ1) is 8.79. The Morgan fingerprint density at radius 2 is 1.84 bits per heavy atom. The fourth-order valence-corrected chi connectivity index (χ4v) is 2.97. The lowest BCUT2D eigenvalue weighted by molar-refractivity contribution is 0.430. The summed E-state index contributed by atoms with van der Waals surface area (Å²) in [4.78, 5) is 0. The van der Waals surface area contributed by atoms with Crippen LogP contribution in [0, 0.1) is 0 Å². The van der Waals surface area contributed by atoms with Crippen LogP contribution in [0.5, 0.6) is 0 Å². The van der Waals surface area contributed by atoms with Crippen LogP contribution in [0.1, 0.15) is 5.69 Å². The number of halogens is 2. The van der Waals surface area contributed by atoms with E-state index in [4.69, 9.17) is 33.5 Å². The average molecular weight is 321 g/mol. The van der Waals surface area contributed by atoms with E-state index in [2.05, 4.69) is 5.16 Å². The first-order valence-corrected chi connectivity index (χ1v) is 7.97. The molecule has 8 heteroatoms. The van der Waals surface area contributed by atoms with Crippen LogP contribution in [0.15, 0.2) is 22.7 Å². The van der Waals surface area contributed by atoms with E-state index >= 15 is 0 Å². The zero-order chi connectivity index (χ0) is 14.2. The molecule has 1 heterocycles. The number of hydrogen-bond donors (Lipinski definition) is 1. The Kier molecular flexibility index (Phi) is 3.75. The molecule has 0 fully saturated rings. The molecule has 0 aliphatic rings. The van der Waals surface area contributed by atoms with E-state index in [-0.39, 0.29) is 17.3 Å². The van der Waals surface area contributed by atoms with Crippen molar-refractivity contribution >= 4 is 38.9 Å². The molecule has 0 radical (unpaired) electrons. The van der Waals surface area contributed by atoms with E-state index in [0.29, 0.717) is 21.2 Å². The van der Waals surface area contributed by atoms with Crippen LogP contribution in [0.3, 0.4) is 0 Å². The molecule has 19 heavy (non-hydrogen) atoms. The minimum absolute atomic E-state index is 0.0198. The van der Waals surface area contributed by atoms with Crippen molar-refractivity contribution < 1.29 is 12.9 Å². The SMILES string of the molecule is CS(=O)(=O)Cc1noc(N)c1-c1c(Cl)cccc1Cl. The summed E-state index contributed by atoms with van der Waals surface area (Å²) in [7, 11) is -3.28. The fraction of sp³-hybridized carbons (Fsp3) is 0.182. The zero-order valence-corrected chi connectivity index (χ0v) is 12.2. The van der Waals surface area contributed by atoms with Gasteiger partial charge in [0.25, 0.3) is 0 Å². The number of anilines is 1. The Bertz CT molecular complexity index is 705. The van der Waals surface area contributed by atoms with Gasteiger partial charge in [0.05, 0.1) is 21.4 Å². The van der Waals surface area contributed by atoms with Gasteiger partial charge < -0.3 is 10.3 Å². The number of benzene rings is 1. The third-order valence-electron chi connectivity index (χ3n) is 2.40. The summed E-state index contributed by atoms with van der Waals surface area (Å²) in [5.41, 5.74) is 6.62. The molecular weight excluding hydrogens is 311 g/mol. The van der Waals surface area contributed by atoms with Crippen LogP contribution in [-0.2, 0) is 15.6 Å². The molecule has 102 valence electrons. The van der Waals surface area contributed by atoms with Crippen LogP contribution >= 0.6 is 23.2 Å². The molecule has 0 bridgehead atoms. The summed E-state index contributed by atoms with van der Waals surface area (Å²) >= 11 is 12.2. The second kappa shape index (κ2) is 5.03. The lowest BCUT2D eigenvalue weighted by atomic mass is 10.1. The Hall–Kier alpha value is -1.24. The van der Waals surface area contributed by atoms with Gasteiger partial charge in [-0.2, -0.15) is 0 Å². The van der Waals surface area contributed by atoms with Crippen molar-refractivity contribution in [3.63, 3.8) is 0 Å². The maximum absolute atomic E-state index is 11.4. The van der Waals surface area contributed by atoms with Crippen LogP contribution in [0.2, 0.25) is 10.0 Å². The van der Waals surface area contributed by atoms with Crippen LogP contribution in [0.25, 0.3) is 11.1 Å². The highest BCUT2D eigenvalue weighted by Crippen LogP contribution is 2.40. The lowest BCUT2D eigenvalue weighted by Crippen LogP contribution is -2.03. The van der Waals surface area contributed by atoms with Gasteiger partial charge in [-0.25, -0.2) is 8.42 Å². The predicted octanol–water partition coefficient (Wildman–Crippen LogP) is 2.78. The average Bonchev–Trinajstić information content (AvgIpc) is 2.59. The first kappa shape index (κ1) is 14.2. The van der Waals surface area contributed by atoms with Crippen LogP contribution in [0.4, 0.5) is 5.88 Å². The molecule has 0 amide bonds. The number of rotatable bonds is 3. The lowest BCUT2D eigenvalue weighted by Gasteiger charge is -2.06. The molecular formula is C11H10Cl2N2O3S. The Labute approximate surface area is 120 Å². The molecule has 0 saturated carbocycles. The molecule has 2 aromatic rings. The number of nitrogens with two attached hydrogens (primary N) is 1. The topological polar surface area (TPSA) is 86.2 Å². The number of nitrogens with zero attached hydrogens (tertiary/aromatic N) is 1. The minimum atomic E-state index is -3.28. The van der Waals surface area contributed by atoms with E-state index in [1.807, 2.05) is 0 Å². The Morgan fingerprint density at radius 3 is 2.37 bits per heavy atom. The van der Waals surface area contributed by atoms with Crippen LogP contribution < -0.4 is 5.73 Å². The van der Waals surface area contributed by atoms with Crippen molar-refractivity contribution in [2.45, 2.75) is 5.75 Å². The number of aromatic nitrogens is 1. The zero-order valence-electron chi connectivity index (χ0n) is 9.85. The summed E-state index contributed by atoms with van der Waals surface area (Å²) in [5, 5.41) is 4.35. The molecule has 2 rings (SSSR count). The van der Waals surface area contributed by atoms with E-state index in [1.165, 1.54) is 0 Å². The van der Waals surface area contributed by atoms with Gasteiger partial charge in [-0.15, -0.1) is 0 Å². The molecule has 0 aliphatic heterocycles. The fourth-order valence-electron chi connectivity index (χ4n) is 1.69. The van der Waals surface area contributed by atoms with Gasteiger partial charge in [-0.05, 0) is 12.1 Å². The molecule has 0 saturated heterocycles. The van der Waals surface area contributed by atoms with E-state index in [1.54, 1.807) is 18.2 Å². The van der Waals surface area contributed by atoms with Crippen LogP contribution in [-0.4, -0.2) is 19.8 Å². The van der Waals surface area contributed by atoms with Gasteiger partial charge in [0, 0.05) is 11.8 Å². The van der Waals surface area contributed by atoms with Gasteiger partial charge in [0.15, 0.2) is 9.84 Å². The van der Waals surface area contributed by atoms with E-state index in [9.17, 15) is 8.42 Å². The third-order valence-corrected chi connectivity index (χ3v) is 3.83. The Morgan fingerprint density at radius 1 is 1.26 bits per heavy atom. The summed E-state index contributed by atoms with van der Waals surface area (Å²) in [5.74, 6) is -0.321. The summed E-state index contributed by atoms with van der Waals surface area (Å²) < 4.78 is 27.6. The highest BCUT2D eigenvalue weighted by atomic mass is 35.5. The van der Waals surface area contributed by atoms with Crippen molar-refractivity contribution in [1.82, 2.24) is 5.16 Å². The van der Waals surface area contributed by atoms with Gasteiger partial charge in [0.1, 0.15) is 5.69 Å². The number of nitrogen functional groups attached to an aromatic ring is 1. The normalized spacial score (nSPS) is 11.7. The quantitative estimate of drug-likeness (QED) is 0.939. The predicted molar refractivity (Wildman–Crippen MR) is 74.9 cm³/mol. The molecule has 0 spiro atoms. The molecule has 0 unspecified atom stereocenters. The number of sulfone groups is 1. The third kappa shape index (κ3) is 3.02. The second-order valence-corrected chi connectivity index (χ2v) is 6.99. The van der Waals surface area contributed by atoms with Gasteiger partial charge in [-0.1, -0.05) is 34.4 Å². The summed E-state index contributed by atoms with van der Waals surface area (Å²) in [6.45, 7) is 0. The molecule has 0 aliphatic carbocycles. The van der Waals surface area contributed by atoms with E-state index in [0.717, 1.165) is 6.26 Å². The molecule has 5 nitrogen and oxygen atoms in total. The molecule has 2 N–H and O–H groups in total. The second-order valence-electron chi connectivity index (χ2n) is 4.04. The van der Waals surface area contributed by atoms with Crippen molar-refractivity contribution in [1.29, 1.82) is 0 Å². The van der Waals surface area contributed by atoms with Crippen molar-refractivity contribution in [3.05, 3.63) is 33.9 Å². The summed E-state index contributed by atoms with van der Waals surface area (Å²) in [6, 6.07) is 4.92. The standard InChI is InChI=1S/C11H10Cl2N2O3S/c1-19(16,17)5-8-10(11(14)18-15-8)9-6(12)3-2-4-7(9)13/h2-4H,5,14H2,1H3. The minimum Gasteiger partial charge on any atom is -0.367 e. The van der Waals surface area contributed by atoms with Crippen molar-refractivity contribution in [3.8, 4) is 11.1 Å². The van der Waals surface area contributed by atoms with Gasteiger partial charge >= 0.3 is 0 Å². The summed E-state index contributed by atoms with van der Waals surface area (Å²) in [6.07, 6.45) is 1.09. The maximum atomic E-state index is 11.4. The van der Waals surface area contributed by atoms with E-state index < -0.39 is 9.84 Å². The largest absolute Gasteiger partial charge is 0.367 e. The van der Waals surface area contributed by atoms with Gasteiger partial charge in [-0.3, -0.25) is 0 Å². The highest BCUT2D eigenvalue weighted by Gasteiger charge is 2.23. The molecule has 0 atom stereocenters. The van der Waals surface area contributed by atoms with Gasteiger partial charge in [0.2, 0.25) is 5.88 Å². The number of hydrogen-bond acceptors (Lipinski definition) is 5. The van der Waals surface area contributed by atoms with Crippen molar-refractivity contribution in [2.24, 2.45) is 0 Å². The molecule has 1 aromatic carbocycles. The first-order valence-electron chi connectivity index (χ1n) is 5.15. The molecule has 1 aromatic heterocycles. The maximum Gasteiger partial charge on any atom is 0.230 e.